The number of benzene rings is 2. The Morgan fingerprint density at radius 2 is 1.58 bits per heavy atom. The molecule has 0 saturated carbocycles. The van der Waals surface area contributed by atoms with Crippen LogP contribution in [0, 0.1) is 0 Å². The molecule has 5 rings (SSSR count). The van der Waals surface area contributed by atoms with Crippen LogP contribution in [0.5, 0.6) is 11.5 Å². The summed E-state index contributed by atoms with van der Waals surface area (Å²) >= 11 is 18.6. The second kappa shape index (κ2) is 11.0. The Labute approximate surface area is 235 Å². The molecule has 2 N–H and O–H groups in total. The molecule has 0 fully saturated rings. The fourth-order valence-electron chi connectivity index (χ4n) is 5.27. The van der Waals surface area contributed by atoms with E-state index in [-0.39, 0.29) is 28.9 Å². The number of dihydropyridines is 1. The summed E-state index contributed by atoms with van der Waals surface area (Å²) in [6, 6.07) is 8.15. The predicted octanol–water partition coefficient (Wildman–Crippen LogP) is 6.37. The lowest BCUT2D eigenvalue weighted by Gasteiger charge is -2.37. The number of anilines is 1. The van der Waals surface area contributed by atoms with Gasteiger partial charge in [0, 0.05) is 47.0 Å². The van der Waals surface area contributed by atoms with Crippen molar-refractivity contribution in [1.29, 1.82) is 0 Å². The van der Waals surface area contributed by atoms with Crippen molar-refractivity contribution in [2.45, 2.75) is 44.4 Å². The third-order valence-electron chi connectivity index (χ3n) is 6.93. The van der Waals surface area contributed by atoms with Crippen molar-refractivity contribution >= 4 is 58.0 Å². The van der Waals surface area contributed by atoms with Gasteiger partial charge in [-0.2, -0.15) is 0 Å². The van der Waals surface area contributed by atoms with Crippen LogP contribution in [0.3, 0.4) is 0 Å². The summed E-state index contributed by atoms with van der Waals surface area (Å²) < 4.78 is 11.3. The number of halogens is 3. The minimum Gasteiger partial charge on any atom is -0.493 e. The van der Waals surface area contributed by atoms with E-state index in [1.54, 1.807) is 24.3 Å². The molecule has 1 heterocycles. The first-order valence-corrected chi connectivity index (χ1v) is 13.4. The molecule has 2 aromatic carbocycles. The summed E-state index contributed by atoms with van der Waals surface area (Å²) in [6.07, 6.45) is 3.93. The molecule has 2 aliphatic carbocycles. The molecule has 10 heteroatoms. The number of ketones is 2. The molecule has 0 saturated heterocycles. The molecule has 0 radical (unpaired) electrons. The fraction of sp³-hybridized carbons (Fsp3) is 0.321. The van der Waals surface area contributed by atoms with Crippen molar-refractivity contribution in [3.63, 3.8) is 0 Å². The summed E-state index contributed by atoms with van der Waals surface area (Å²) in [7, 11) is 1.47. The van der Waals surface area contributed by atoms with E-state index in [1.807, 2.05) is 0 Å². The lowest BCUT2D eigenvalue weighted by molar-refractivity contribution is -0.118. The quantitative estimate of drug-likeness (QED) is 0.416. The van der Waals surface area contributed by atoms with Crippen LogP contribution in [-0.2, 0) is 14.4 Å². The van der Waals surface area contributed by atoms with E-state index < -0.39 is 11.8 Å². The van der Waals surface area contributed by atoms with Crippen LogP contribution < -0.4 is 20.1 Å². The highest BCUT2D eigenvalue weighted by Gasteiger charge is 2.40. The molecule has 1 aliphatic heterocycles. The number of methoxy groups -OCH3 is 1. The van der Waals surface area contributed by atoms with Gasteiger partial charge in [0.1, 0.15) is 0 Å². The van der Waals surface area contributed by atoms with Gasteiger partial charge in [0.25, 0.3) is 5.91 Å². The van der Waals surface area contributed by atoms with E-state index in [0.717, 1.165) is 37.1 Å². The second-order valence-corrected chi connectivity index (χ2v) is 10.6. The lowest BCUT2D eigenvalue weighted by atomic mass is 9.71. The molecule has 1 amide bonds. The molecule has 198 valence electrons. The number of carbonyl (C=O) groups is 3. The van der Waals surface area contributed by atoms with Crippen LogP contribution in [0.25, 0.3) is 0 Å². The average Bonchev–Trinajstić information content (AvgIpc) is 2.89. The van der Waals surface area contributed by atoms with Crippen molar-refractivity contribution in [2.75, 3.05) is 19.0 Å². The molecule has 2 aromatic rings. The maximum atomic E-state index is 13.1. The van der Waals surface area contributed by atoms with Crippen LogP contribution in [0.4, 0.5) is 5.69 Å². The van der Waals surface area contributed by atoms with Crippen molar-refractivity contribution in [3.8, 4) is 11.5 Å². The lowest BCUT2D eigenvalue weighted by Crippen LogP contribution is -2.36. The van der Waals surface area contributed by atoms with Gasteiger partial charge >= 0.3 is 0 Å². The Morgan fingerprint density at radius 3 is 2.18 bits per heavy atom. The highest BCUT2D eigenvalue weighted by molar-refractivity contribution is 6.42. The monoisotopic (exact) mass is 574 g/mol. The Kier molecular flexibility index (Phi) is 7.70. The number of nitrogens with one attached hydrogen (secondary N) is 2. The molecule has 0 bridgehead atoms. The van der Waals surface area contributed by atoms with Crippen LogP contribution >= 0.6 is 34.8 Å². The van der Waals surface area contributed by atoms with Crippen LogP contribution in [0.1, 0.15) is 50.0 Å². The van der Waals surface area contributed by atoms with Gasteiger partial charge in [-0.25, -0.2) is 0 Å². The normalized spacial score (nSPS) is 17.6. The number of allylic oxidation sites excluding steroid dienone is 4. The van der Waals surface area contributed by atoms with Crippen LogP contribution in [0.2, 0.25) is 15.1 Å². The first kappa shape index (κ1) is 26.6. The number of hydrogen-bond acceptors (Lipinski definition) is 6. The Hall–Kier alpha value is -3.00. The number of carbonyl (C=O) groups excluding carboxylic acids is 3. The third-order valence-corrected chi connectivity index (χ3v) is 7.95. The van der Waals surface area contributed by atoms with Crippen LogP contribution in [0.15, 0.2) is 52.9 Å². The predicted molar refractivity (Wildman–Crippen MR) is 146 cm³/mol. The summed E-state index contributed by atoms with van der Waals surface area (Å²) in [5, 5.41) is 6.98. The zero-order chi connectivity index (χ0) is 27.0. The Bertz CT molecular complexity index is 1370. The van der Waals surface area contributed by atoms with Gasteiger partial charge < -0.3 is 20.1 Å². The average molecular weight is 576 g/mol. The SMILES string of the molecule is COc1cc(C2C3=C(CCCC3=O)NC3=C2C(=O)CCC3)cc(Cl)c1OCC(=O)Nc1ccc(Cl)c(Cl)c1. The number of rotatable bonds is 6. The van der Waals surface area contributed by atoms with Gasteiger partial charge in [-0.1, -0.05) is 34.8 Å². The highest BCUT2D eigenvalue weighted by atomic mass is 35.5. The first-order chi connectivity index (χ1) is 18.3. The zero-order valence-electron chi connectivity index (χ0n) is 20.6. The van der Waals surface area contributed by atoms with Gasteiger partial charge in [0.2, 0.25) is 0 Å². The molecule has 0 atom stereocenters. The van der Waals surface area contributed by atoms with Gasteiger partial charge in [-0.3, -0.25) is 14.4 Å². The molecule has 0 aromatic heterocycles. The second-order valence-electron chi connectivity index (χ2n) is 9.40. The summed E-state index contributed by atoms with van der Waals surface area (Å²) in [4.78, 5) is 38.7. The fourth-order valence-corrected chi connectivity index (χ4v) is 5.84. The van der Waals surface area contributed by atoms with Crippen molar-refractivity contribution in [1.82, 2.24) is 5.32 Å². The maximum absolute atomic E-state index is 13.1. The van der Waals surface area contributed by atoms with Crippen LogP contribution in [-0.4, -0.2) is 31.2 Å². The molecule has 7 nitrogen and oxygen atoms in total. The summed E-state index contributed by atoms with van der Waals surface area (Å²) in [5.74, 6) is -0.422. The minimum atomic E-state index is -0.528. The van der Waals surface area contributed by atoms with Crippen molar-refractivity contribution in [3.05, 3.63) is 73.5 Å². The molecule has 38 heavy (non-hydrogen) atoms. The zero-order valence-corrected chi connectivity index (χ0v) is 22.9. The van der Waals surface area contributed by atoms with E-state index in [2.05, 4.69) is 10.6 Å². The van der Waals surface area contributed by atoms with Gasteiger partial charge in [0.05, 0.1) is 22.2 Å². The van der Waals surface area contributed by atoms with E-state index in [0.29, 0.717) is 51.0 Å². The third kappa shape index (κ3) is 5.15. The van der Waals surface area contributed by atoms with Gasteiger partial charge in [0.15, 0.2) is 29.7 Å². The highest BCUT2D eigenvalue weighted by Crippen LogP contribution is 2.48. The van der Waals surface area contributed by atoms with Gasteiger partial charge in [-0.05, 0) is 61.6 Å². The van der Waals surface area contributed by atoms with Crippen molar-refractivity contribution in [2.24, 2.45) is 0 Å². The smallest absolute Gasteiger partial charge is 0.262 e. The Balaban J connectivity index is 1.44. The summed E-state index contributed by atoms with van der Waals surface area (Å²) in [6.45, 7) is -0.343. The van der Waals surface area contributed by atoms with Crippen molar-refractivity contribution < 1.29 is 23.9 Å². The number of ether oxygens (including phenoxy) is 2. The molecule has 0 spiro atoms. The number of Topliss-reactive ketones (excluding diaryl/α,β-unsaturated/α-hetero) is 2. The standard InChI is InChI=1S/C28H25Cl3N2O5/c1-37-23-11-14(10-18(31)28(23)38-13-24(36)32-15-8-9-16(29)17(30)12-15)25-26-19(4-2-6-21(26)34)33-20-5-3-7-22(35)27(20)25/h8-12,25,33H,2-7,13H2,1H3,(H,32,36). The minimum absolute atomic E-state index is 0.0306. The first-order valence-electron chi connectivity index (χ1n) is 12.3. The number of hydrogen-bond donors (Lipinski definition) is 2. The van der Waals surface area contributed by atoms with E-state index in [1.165, 1.54) is 13.2 Å². The number of amides is 1. The topological polar surface area (TPSA) is 93.7 Å². The van der Waals surface area contributed by atoms with E-state index >= 15 is 0 Å². The maximum Gasteiger partial charge on any atom is 0.262 e. The van der Waals surface area contributed by atoms with Gasteiger partial charge in [-0.15, -0.1) is 0 Å². The molecule has 3 aliphatic rings. The van der Waals surface area contributed by atoms with E-state index in [4.69, 9.17) is 44.3 Å². The molecular weight excluding hydrogens is 551 g/mol. The van der Waals surface area contributed by atoms with E-state index in [9.17, 15) is 14.4 Å². The molecule has 0 unspecified atom stereocenters. The molecular formula is C28H25Cl3N2O5. The Morgan fingerprint density at radius 1 is 0.921 bits per heavy atom. The summed E-state index contributed by atoms with van der Waals surface area (Å²) in [5.41, 5.74) is 4.15. The largest absolute Gasteiger partial charge is 0.493 e.